The Morgan fingerprint density at radius 3 is 2.54 bits per heavy atom. The van der Waals surface area contributed by atoms with Crippen LogP contribution in [0.4, 0.5) is 0 Å². The minimum Gasteiger partial charge on any atom is -0.349 e. The van der Waals surface area contributed by atoms with E-state index in [9.17, 15) is 13.2 Å². The van der Waals surface area contributed by atoms with E-state index in [1.807, 2.05) is 24.3 Å². The zero-order valence-corrected chi connectivity index (χ0v) is 15.8. The highest BCUT2D eigenvalue weighted by molar-refractivity contribution is 7.91. The summed E-state index contributed by atoms with van der Waals surface area (Å²) in [5.41, 5.74) is 1.75. The lowest BCUT2D eigenvalue weighted by Crippen LogP contribution is -2.48. The molecule has 4 rings (SSSR count). The van der Waals surface area contributed by atoms with Crippen LogP contribution in [0.2, 0.25) is 0 Å². The summed E-state index contributed by atoms with van der Waals surface area (Å²) in [5, 5.41) is 6.80. The van der Waals surface area contributed by atoms with Gasteiger partial charge in [0.25, 0.3) is 5.91 Å². The van der Waals surface area contributed by atoms with E-state index in [1.54, 1.807) is 0 Å². The number of carbonyl (C=O) groups is 1. The predicted molar refractivity (Wildman–Crippen MR) is 101 cm³/mol. The molecule has 1 amide bonds. The van der Waals surface area contributed by atoms with Crippen LogP contribution in [0.15, 0.2) is 24.3 Å². The molecule has 7 heteroatoms. The minimum atomic E-state index is -2.86. The van der Waals surface area contributed by atoms with Crippen molar-refractivity contribution >= 4 is 15.7 Å². The number of nitrogens with one attached hydrogen (secondary N) is 2. The van der Waals surface area contributed by atoms with E-state index < -0.39 is 9.84 Å². The molecule has 3 fully saturated rings. The van der Waals surface area contributed by atoms with E-state index in [-0.39, 0.29) is 23.5 Å². The van der Waals surface area contributed by atoms with Gasteiger partial charge in [-0.05, 0) is 43.4 Å². The SMILES string of the molecule is O=C(NC1CC2CCC(C1)N2)c1cccc(CN2CCS(=O)(=O)CC2)c1. The van der Waals surface area contributed by atoms with Gasteiger partial charge in [-0.2, -0.15) is 0 Å². The van der Waals surface area contributed by atoms with Crippen molar-refractivity contribution in [2.24, 2.45) is 0 Å². The standard InChI is InChI=1S/C19H27N3O3S/c23-19(21-18-11-16-4-5-17(12-18)20-16)15-3-1-2-14(10-15)13-22-6-8-26(24,25)9-7-22/h1-3,10,16-18,20H,4-9,11-13H2,(H,21,23). The van der Waals surface area contributed by atoms with E-state index in [0.717, 1.165) is 18.4 Å². The molecule has 2 atom stereocenters. The summed E-state index contributed by atoms with van der Waals surface area (Å²) in [7, 11) is -2.86. The van der Waals surface area contributed by atoms with Gasteiger partial charge in [0.1, 0.15) is 0 Å². The Morgan fingerprint density at radius 2 is 1.85 bits per heavy atom. The van der Waals surface area contributed by atoms with Gasteiger partial charge in [0.05, 0.1) is 11.5 Å². The molecule has 1 aromatic rings. The molecule has 1 aromatic carbocycles. The first-order valence-corrected chi connectivity index (χ1v) is 11.4. The number of nitrogens with zero attached hydrogens (tertiary/aromatic N) is 1. The maximum Gasteiger partial charge on any atom is 0.251 e. The van der Waals surface area contributed by atoms with Crippen molar-refractivity contribution < 1.29 is 13.2 Å². The molecule has 0 saturated carbocycles. The molecule has 3 saturated heterocycles. The summed E-state index contributed by atoms with van der Waals surface area (Å²) in [5.74, 6) is 0.454. The number of amides is 1. The zero-order chi connectivity index (χ0) is 18.1. The van der Waals surface area contributed by atoms with Gasteiger partial charge in [0, 0.05) is 43.3 Å². The predicted octanol–water partition coefficient (Wildman–Crippen LogP) is 0.930. The van der Waals surface area contributed by atoms with Crippen molar-refractivity contribution in [3.05, 3.63) is 35.4 Å². The van der Waals surface area contributed by atoms with Crippen molar-refractivity contribution in [1.82, 2.24) is 15.5 Å². The smallest absolute Gasteiger partial charge is 0.251 e. The van der Waals surface area contributed by atoms with Gasteiger partial charge in [-0.25, -0.2) is 8.42 Å². The average molecular weight is 378 g/mol. The molecule has 6 nitrogen and oxygen atoms in total. The molecule has 3 aliphatic heterocycles. The van der Waals surface area contributed by atoms with E-state index in [1.165, 1.54) is 12.8 Å². The van der Waals surface area contributed by atoms with E-state index in [0.29, 0.717) is 37.3 Å². The Labute approximate surface area is 155 Å². The first-order valence-electron chi connectivity index (χ1n) is 9.55. The maximum absolute atomic E-state index is 12.7. The lowest BCUT2D eigenvalue weighted by Gasteiger charge is -2.29. The number of hydrogen-bond donors (Lipinski definition) is 2. The van der Waals surface area contributed by atoms with Crippen LogP contribution in [0, 0.1) is 0 Å². The number of sulfone groups is 1. The first-order chi connectivity index (χ1) is 12.5. The van der Waals surface area contributed by atoms with E-state index in [2.05, 4.69) is 15.5 Å². The van der Waals surface area contributed by atoms with Gasteiger partial charge in [-0.1, -0.05) is 12.1 Å². The largest absolute Gasteiger partial charge is 0.349 e. The molecule has 0 aromatic heterocycles. The molecule has 3 aliphatic rings. The van der Waals surface area contributed by atoms with Crippen LogP contribution in [0.3, 0.4) is 0 Å². The van der Waals surface area contributed by atoms with Gasteiger partial charge in [0.15, 0.2) is 9.84 Å². The molecule has 2 bridgehead atoms. The number of hydrogen-bond acceptors (Lipinski definition) is 5. The average Bonchev–Trinajstić information content (AvgIpc) is 2.95. The summed E-state index contributed by atoms with van der Waals surface area (Å²) in [6, 6.07) is 9.09. The number of fused-ring (bicyclic) bond motifs is 2. The molecule has 0 radical (unpaired) electrons. The van der Waals surface area contributed by atoms with Crippen LogP contribution in [-0.2, 0) is 16.4 Å². The van der Waals surface area contributed by atoms with E-state index in [4.69, 9.17) is 0 Å². The fraction of sp³-hybridized carbons (Fsp3) is 0.632. The molecule has 2 unspecified atom stereocenters. The number of benzene rings is 1. The van der Waals surface area contributed by atoms with Gasteiger partial charge in [0.2, 0.25) is 0 Å². The van der Waals surface area contributed by atoms with Gasteiger partial charge >= 0.3 is 0 Å². The van der Waals surface area contributed by atoms with Crippen LogP contribution in [0.1, 0.15) is 41.6 Å². The van der Waals surface area contributed by atoms with Crippen molar-refractivity contribution in [1.29, 1.82) is 0 Å². The van der Waals surface area contributed by atoms with Crippen LogP contribution in [0.25, 0.3) is 0 Å². The lowest BCUT2D eigenvalue weighted by molar-refractivity contribution is 0.0924. The third kappa shape index (κ3) is 4.27. The summed E-state index contributed by atoms with van der Waals surface area (Å²) in [6.07, 6.45) is 4.48. The van der Waals surface area contributed by atoms with Crippen molar-refractivity contribution in [2.45, 2.75) is 50.4 Å². The fourth-order valence-electron chi connectivity index (χ4n) is 4.42. The Kier molecular flexibility index (Phi) is 5.03. The lowest BCUT2D eigenvalue weighted by atomic mass is 9.99. The summed E-state index contributed by atoms with van der Waals surface area (Å²) in [6.45, 7) is 1.82. The summed E-state index contributed by atoms with van der Waals surface area (Å²) < 4.78 is 23.1. The maximum atomic E-state index is 12.7. The second-order valence-electron chi connectivity index (χ2n) is 7.91. The highest BCUT2D eigenvalue weighted by atomic mass is 32.2. The van der Waals surface area contributed by atoms with Crippen molar-refractivity contribution in [3.8, 4) is 0 Å². The molecule has 3 heterocycles. The second kappa shape index (κ2) is 7.29. The quantitative estimate of drug-likeness (QED) is 0.816. The number of piperidine rings is 1. The Morgan fingerprint density at radius 1 is 1.15 bits per heavy atom. The Bertz CT molecular complexity index is 754. The topological polar surface area (TPSA) is 78.5 Å². The minimum absolute atomic E-state index is 0.000582. The first kappa shape index (κ1) is 17.9. The van der Waals surface area contributed by atoms with E-state index >= 15 is 0 Å². The molecule has 2 N–H and O–H groups in total. The number of carbonyl (C=O) groups excluding carboxylic acids is 1. The van der Waals surface area contributed by atoms with Gasteiger partial charge in [-0.3, -0.25) is 9.69 Å². The highest BCUT2D eigenvalue weighted by Gasteiger charge is 2.34. The van der Waals surface area contributed by atoms with Crippen LogP contribution >= 0.6 is 0 Å². The Balaban J connectivity index is 1.35. The third-order valence-electron chi connectivity index (χ3n) is 5.84. The molecular weight excluding hydrogens is 350 g/mol. The van der Waals surface area contributed by atoms with Crippen LogP contribution in [-0.4, -0.2) is 61.9 Å². The monoisotopic (exact) mass is 377 g/mol. The molecule has 0 spiro atoms. The molecule has 142 valence electrons. The summed E-state index contributed by atoms with van der Waals surface area (Å²) in [4.78, 5) is 14.8. The third-order valence-corrected chi connectivity index (χ3v) is 7.45. The fourth-order valence-corrected chi connectivity index (χ4v) is 5.70. The van der Waals surface area contributed by atoms with Gasteiger partial charge < -0.3 is 10.6 Å². The van der Waals surface area contributed by atoms with Crippen molar-refractivity contribution in [2.75, 3.05) is 24.6 Å². The molecule has 26 heavy (non-hydrogen) atoms. The second-order valence-corrected chi connectivity index (χ2v) is 10.2. The highest BCUT2D eigenvalue weighted by Crippen LogP contribution is 2.27. The molecular formula is C19H27N3O3S. The zero-order valence-electron chi connectivity index (χ0n) is 15.0. The Hall–Kier alpha value is -1.44. The van der Waals surface area contributed by atoms with Crippen LogP contribution < -0.4 is 10.6 Å². The van der Waals surface area contributed by atoms with Crippen molar-refractivity contribution in [3.63, 3.8) is 0 Å². The number of rotatable bonds is 4. The van der Waals surface area contributed by atoms with Gasteiger partial charge in [-0.15, -0.1) is 0 Å². The normalized spacial score (nSPS) is 30.8. The summed E-state index contributed by atoms with van der Waals surface area (Å²) >= 11 is 0. The molecule has 0 aliphatic carbocycles. The van der Waals surface area contributed by atoms with Crippen LogP contribution in [0.5, 0.6) is 0 Å².